The Morgan fingerprint density at radius 3 is 2.23 bits per heavy atom. The maximum atomic E-state index is 12.8. The second-order valence-electron chi connectivity index (χ2n) is 6.89. The maximum Gasteiger partial charge on any atom is 0.326 e. The van der Waals surface area contributed by atoms with Gasteiger partial charge in [-0.2, -0.15) is 0 Å². The molecule has 0 bridgehead atoms. The van der Waals surface area contributed by atoms with Gasteiger partial charge in [-0.3, -0.25) is 14.4 Å². The van der Waals surface area contributed by atoms with E-state index in [1.54, 1.807) is 0 Å². The van der Waals surface area contributed by atoms with E-state index in [0.29, 0.717) is 11.3 Å². The number of hydrogen-bond acceptors (Lipinski definition) is 7. The first-order valence-corrected chi connectivity index (χ1v) is 9.28. The molecular weight excluding hydrogens is 408 g/mol. The van der Waals surface area contributed by atoms with E-state index >= 15 is 0 Å². The normalized spacial score (nSPS) is 13.6. The van der Waals surface area contributed by atoms with E-state index < -0.39 is 48.2 Å². The number of amides is 3. The number of nitrogens with two attached hydrogens (primary N) is 2. The van der Waals surface area contributed by atoms with Crippen molar-refractivity contribution in [1.82, 2.24) is 20.6 Å². The number of carboxylic acid groups (broad SMARTS) is 1. The summed E-state index contributed by atoms with van der Waals surface area (Å²) in [5.41, 5.74) is 11.7. The average molecular weight is 432 g/mol. The maximum absolute atomic E-state index is 12.8. The number of rotatable bonds is 11. The Hall–Kier alpha value is -3.93. The highest BCUT2D eigenvalue weighted by Crippen LogP contribution is 2.12. The molecule has 0 saturated carbocycles. The predicted molar refractivity (Wildman–Crippen MR) is 107 cm³/mol. The van der Waals surface area contributed by atoms with Gasteiger partial charge in [0.2, 0.25) is 17.7 Å². The Morgan fingerprint density at radius 2 is 1.68 bits per heavy atom. The van der Waals surface area contributed by atoms with Crippen LogP contribution in [0.3, 0.4) is 0 Å². The van der Waals surface area contributed by atoms with Crippen molar-refractivity contribution in [2.45, 2.75) is 37.4 Å². The summed E-state index contributed by atoms with van der Waals surface area (Å²) in [6.07, 6.45) is 2.35. The summed E-state index contributed by atoms with van der Waals surface area (Å²) in [4.78, 5) is 54.4. The minimum Gasteiger partial charge on any atom is -0.508 e. The highest BCUT2D eigenvalue weighted by atomic mass is 16.4. The van der Waals surface area contributed by atoms with Crippen LogP contribution in [0.1, 0.15) is 17.7 Å². The number of primary amides is 1. The first kappa shape index (κ1) is 23.3. The number of aromatic hydroxyl groups is 1. The van der Waals surface area contributed by atoms with Gasteiger partial charge >= 0.3 is 5.97 Å². The van der Waals surface area contributed by atoms with Crippen LogP contribution in [-0.4, -0.2) is 62.0 Å². The Labute approximate surface area is 177 Å². The van der Waals surface area contributed by atoms with Gasteiger partial charge in [-0.15, -0.1) is 0 Å². The van der Waals surface area contributed by atoms with Crippen molar-refractivity contribution in [3.8, 4) is 5.75 Å². The number of nitrogens with one attached hydrogen (secondary N) is 3. The summed E-state index contributed by atoms with van der Waals surface area (Å²) in [6, 6.07) is 2.12. The largest absolute Gasteiger partial charge is 0.508 e. The van der Waals surface area contributed by atoms with Crippen LogP contribution in [0.4, 0.5) is 0 Å². The lowest BCUT2D eigenvalue weighted by atomic mass is 10.0. The summed E-state index contributed by atoms with van der Waals surface area (Å²) < 4.78 is 0. The van der Waals surface area contributed by atoms with Gasteiger partial charge in [-0.05, 0) is 17.7 Å². The molecule has 31 heavy (non-hydrogen) atoms. The molecule has 0 spiro atoms. The van der Waals surface area contributed by atoms with Gasteiger partial charge in [-0.25, -0.2) is 9.78 Å². The van der Waals surface area contributed by atoms with Crippen LogP contribution in [0.5, 0.6) is 5.75 Å². The second kappa shape index (κ2) is 10.7. The number of benzene rings is 1. The zero-order valence-electron chi connectivity index (χ0n) is 16.4. The van der Waals surface area contributed by atoms with E-state index in [-0.39, 0.29) is 18.6 Å². The smallest absolute Gasteiger partial charge is 0.326 e. The molecule has 166 valence electrons. The van der Waals surface area contributed by atoms with Crippen LogP contribution < -0.4 is 22.1 Å². The van der Waals surface area contributed by atoms with Gasteiger partial charge < -0.3 is 37.3 Å². The van der Waals surface area contributed by atoms with Gasteiger partial charge in [0.1, 0.15) is 17.8 Å². The van der Waals surface area contributed by atoms with Crippen molar-refractivity contribution in [2.75, 3.05) is 0 Å². The number of phenols is 1. The van der Waals surface area contributed by atoms with Crippen LogP contribution in [0.2, 0.25) is 0 Å². The van der Waals surface area contributed by atoms with Crippen molar-refractivity contribution in [3.63, 3.8) is 0 Å². The summed E-state index contributed by atoms with van der Waals surface area (Å²) in [5, 5.41) is 23.7. The number of carbonyl (C=O) groups excluding carboxylic acids is 3. The quantitative estimate of drug-likeness (QED) is 0.214. The zero-order chi connectivity index (χ0) is 23.0. The molecule has 1 heterocycles. The number of carbonyl (C=O) groups is 4. The second-order valence-corrected chi connectivity index (χ2v) is 6.89. The minimum atomic E-state index is -1.29. The van der Waals surface area contributed by atoms with Crippen LogP contribution in [0.25, 0.3) is 0 Å². The van der Waals surface area contributed by atoms with E-state index in [2.05, 4.69) is 20.6 Å². The summed E-state index contributed by atoms with van der Waals surface area (Å²) >= 11 is 0. The Balaban J connectivity index is 2.13. The number of aromatic amines is 1. The first-order valence-electron chi connectivity index (χ1n) is 9.28. The van der Waals surface area contributed by atoms with E-state index in [1.165, 1.54) is 36.8 Å². The zero-order valence-corrected chi connectivity index (χ0v) is 16.4. The fourth-order valence-electron chi connectivity index (χ4n) is 2.75. The lowest BCUT2D eigenvalue weighted by molar-refractivity contribution is -0.142. The fraction of sp³-hybridized carbons (Fsp3) is 0.316. The van der Waals surface area contributed by atoms with Crippen LogP contribution in [-0.2, 0) is 32.0 Å². The number of phenolic OH excluding ortho intramolecular Hbond substituents is 1. The molecule has 3 unspecified atom stereocenters. The van der Waals surface area contributed by atoms with E-state index in [0.717, 1.165) is 0 Å². The molecule has 9 N–H and O–H groups in total. The van der Waals surface area contributed by atoms with Crippen molar-refractivity contribution < 1.29 is 29.4 Å². The summed E-state index contributed by atoms with van der Waals surface area (Å²) in [6.45, 7) is 0. The highest BCUT2D eigenvalue weighted by Gasteiger charge is 2.29. The van der Waals surface area contributed by atoms with E-state index in [1.807, 2.05) is 0 Å². The lowest BCUT2D eigenvalue weighted by Gasteiger charge is -2.22. The molecule has 3 atom stereocenters. The number of imidazole rings is 1. The third-order valence-electron chi connectivity index (χ3n) is 4.36. The Bertz CT molecular complexity index is 914. The number of H-pyrrole nitrogens is 1. The minimum absolute atomic E-state index is 0.0214. The van der Waals surface area contributed by atoms with Crippen molar-refractivity contribution in [2.24, 2.45) is 11.5 Å². The molecule has 2 aromatic rings. The number of nitrogens with zero attached hydrogens (tertiary/aromatic N) is 1. The topological polar surface area (TPSA) is 214 Å². The molecule has 12 nitrogen and oxygen atoms in total. The van der Waals surface area contributed by atoms with Crippen molar-refractivity contribution in [1.29, 1.82) is 0 Å². The van der Waals surface area contributed by atoms with Crippen LogP contribution >= 0.6 is 0 Å². The molecule has 12 heteroatoms. The van der Waals surface area contributed by atoms with Gasteiger partial charge in [-0.1, -0.05) is 12.1 Å². The van der Waals surface area contributed by atoms with E-state index in [9.17, 15) is 29.4 Å². The third kappa shape index (κ3) is 7.44. The molecule has 0 aliphatic rings. The van der Waals surface area contributed by atoms with Crippen molar-refractivity contribution in [3.05, 3.63) is 48.0 Å². The highest BCUT2D eigenvalue weighted by molar-refractivity contribution is 5.93. The summed E-state index contributed by atoms with van der Waals surface area (Å²) in [5.74, 6) is -3.59. The number of aliphatic carboxylic acids is 1. The Morgan fingerprint density at radius 1 is 1.03 bits per heavy atom. The first-order chi connectivity index (χ1) is 14.7. The molecule has 1 aromatic heterocycles. The molecule has 0 aliphatic carbocycles. The van der Waals surface area contributed by atoms with Gasteiger partial charge in [0.05, 0.1) is 18.8 Å². The molecule has 0 fully saturated rings. The third-order valence-corrected chi connectivity index (χ3v) is 4.36. The van der Waals surface area contributed by atoms with Crippen LogP contribution in [0.15, 0.2) is 36.8 Å². The van der Waals surface area contributed by atoms with Gasteiger partial charge in [0.15, 0.2) is 0 Å². The van der Waals surface area contributed by atoms with Gasteiger partial charge in [0.25, 0.3) is 0 Å². The lowest BCUT2D eigenvalue weighted by Crippen LogP contribution is -2.56. The van der Waals surface area contributed by atoms with E-state index in [4.69, 9.17) is 11.5 Å². The van der Waals surface area contributed by atoms with Crippen molar-refractivity contribution >= 4 is 23.7 Å². The standard InChI is InChI=1S/C19H24N6O6/c20-13(7-16(21)27)17(28)24-14(6-11-8-22-9-23-11)18(29)25-15(19(30)31)5-10-1-3-12(26)4-2-10/h1-4,8-9,13-15,26H,5-7,20H2,(H2,21,27)(H,22,23)(H,24,28)(H,25,29)(H,30,31). The number of aromatic nitrogens is 2. The van der Waals surface area contributed by atoms with Gasteiger partial charge in [0, 0.05) is 24.7 Å². The molecule has 0 aliphatic heterocycles. The molecule has 0 saturated heterocycles. The summed E-state index contributed by atoms with van der Waals surface area (Å²) in [7, 11) is 0. The molecule has 2 rings (SSSR count). The predicted octanol–water partition coefficient (Wildman–Crippen LogP) is -1.84. The van der Waals surface area contributed by atoms with Crippen LogP contribution in [0, 0.1) is 0 Å². The fourth-order valence-corrected chi connectivity index (χ4v) is 2.75. The molecule has 1 aromatic carbocycles. The number of hydrogen-bond donors (Lipinski definition) is 7. The molecule has 3 amide bonds. The monoisotopic (exact) mass is 432 g/mol. The molecule has 0 radical (unpaired) electrons. The molecular formula is C19H24N6O6. The average Bonchev–Trinajstić information content (AvgIpc) is 3.21. The number of carboxylic acids is 1. The Kier molecular flexibility index (Phi) is 8.09. The SMILES string of the molecule is NC(=O)CC(N)C(=O)NC(Cc1cnc[nH]1)C(=O)NC(Cc1ccc(O)cc1)C(=O)O.